The van der Waals surface area contributed by atoms with Crippen molar-refractivity contribution in [1.82, 2.24) is 0 Å². The Morgan fingerprint density at radius 3 is 2.12 bits per heavy atom. The summed E-state index contributed by atoms with van der Waals surface area (Å²) < 4.78 is 43.1. The molecule has 1 unspecified atom stereocenters. The number of aliphatic hydroxyl groups is 5. The highest BCUT2D eigenvalue weighted by atomic mass is 19.4. The molecule has 0 bridgehead atoms. The molecule has 0 saturated heterocycles. The fraction of sp³-hybridized carbons (Fsp3) is 0.478. The molecule has 1 saturated carbocycles. The van der Waals surface area contributed by atoms with Gasteiger partial charge in [0.1, 0.15) is 23.6 Å². The van der Waals surface area contributed by atoms with E-state index in [0.717, 1.165) is 23.6 Å². The number of hydrogen-bond donors (Lipinski definition) is 5. The second-order valence-electron chi connectivity index (χ2n) is 8.22. The van der Waals surface area contributed by atoms with Crippen LogP contribution in [0, 0.1) is 5.92 Å². The number of aryl methyl sites for hydroxylation is 1. The van der Waals surface area contributed by atoms with Gasteiger partial charge in [0.15, 0.2) is 0 Å². The molecule has 176 valence electrons. The monoisotopic (exact) mass is 456 g/mol. The van der Waals surface area contributed by atoms with Crippen molar-refractivity contribution < 1.29 is 43.4 Å². The smallest absolute Gasteiger partial charge is 0.405 e. The van der Waals surface area contributed by atoms with Crippen LogP contribution in [0.3, 0.4) is 0 Å². The third-order valence-electron chi connectivity index (χ3n) is 6.03. The van der Waals surface area contributed by atoms with Crippen molar-refractivity contribution >= 4 is 0 Å². The lowest BCUT2D eigenvalue weighted by Gasteiger charge is -2.46. The zero-order valence-electron chi connectivity index (χ0n) is 17.5. The van der Waals surface area contributed by atoms with Crippen LogP contribution in [0.1, 0.15) is 35.6 Å². The number of benzene rings is 2. The summed E-state index contributed by atoms with van der Waals surface area (Å²) in [6.45, 7) is 1.37. The standard InChI is InChI=1S/C23H27F3O6/c1-2-13-3-5-14(6-4-13)9-15-7-8-18(32-23(24,25)26)17(10-15)22(31)11-16(12-27)19(28)20(29)21(22)30/h3-8,10,16,19-21,27-31H,2,9,11-12H2,1H3/t16-,19-,20?,21-,22-/m1/s1. The van der Waals surface area contributed by atoms with Gasteiger partial charge in [-0.05, 0) is 48.1 Å². The number of halogens is 3. The molecule has 0 aliphatic heterocycles. The van der Waals surface area contributed by atoms with Crippen molar-refractivity contribution in [3.63, 3.8) is 0 Å². The molecule has 0 spiro atoms. The summed E-state index contributed by atoms with van der Waals surface area (Å²) in [6, 6.07) is 11.4. The van der Waals surface area contributed by atoms with Crippen molar-refractivity contribution in [2.45, 2.75) is 56.5 Å². The van der Waals surface area contributed by atoms with Gasteiger partial charge in [-0.3, -0.25) is 0 Å². The Hall–Kier alpha value is -2.17. The first kappa shape index (κ1) is 24.5. The first-order chi connectivity index (χ1) is 15.0. The van der Waals surface area contributed by atoms with E-state index < -0.39 is 55.0 Å². The number of rotatable bonds is 6. The van der Waals surface area contributed by atoms with Gasteiger partial charge < -0.3 is 30.3 Å². The predicted octanol–water partition coefficient (Wildman–Crippen LogP) is 2.02. The molecule has 0 heterocycles. The summed E-state index contributed by atoms with van der Waals surface area (Å²) >= 11 is 0. The molecule has 2 aromatic carbocycles. The van der Waals surface area contributed by atoms with Crippen molar-refractivity contribution in [2.75, 3.05) is 6.61 Å². The van der Waals surface area contributed by atoms with Crippen molar-refractivity contribution in [2.24, 2.45) is 5.92 Å². The molecule has 6 nitrogen and oxygen atoms in total. The topological polar surface area (TPSA) is 110 Å². The lowest BCUT2D eigenvalue weighted by molar-refractivity contribution is -0.276. The van der Waals surface area contributed by atoms with E-state index in [1.807, 2.05) is 31.2 Å². The minimum Gasteiger partial charge on any atom is -0.405 e. The third kappa shape index (κ3) is 5.07. The molecule has 5 atom stereocenters. The van der Waals surface area contributed by atoms with Gasteiger partial charge in [-0.1, -0.05) is 37.3 Å². The Morgan fingerprint density at radius 1 is 0.969 bits per heavy atom. The van der Waals surface area contributed by atoms with Crippen LogP contribution < -0.4 is 4.74 Å². The van der Waals surface area contributed by atoms with Crippen LogP contribution in [0.25, 0.3) is 0 Å². The minimum absolute atomic E-state index is 0.337. The molecular weight excluding hydrogens is 429 g/mol. The van der Waals surface area contributed by atoms with Crippen LogP contribution >= 0.6 is 0 Å². The van der Waals surface area contributed by atoms with Crippen LogP contribution in [0.15, 0.2) is 42.5 Å². The molecule has 0 radical (unpaired) electrons. The summed E-state index contributed by atoms with van der Waals surface area (Å²) in [4.78, 5) is 0. The van der Waals surface area contributed by atoms with E-state index in [-0.39, 0.29) is 5.56 Å². The van der Waals surface area contributed by atoms with Crippen molar-refractivity contribution in [3.05, 3.63) is 64.7 Å². The highest BCUT2D eigenvalue weighted by molar-refractivity contribution is 5.44. The molecule has 1 aliphatic carbocycles. The first-order valence-electron chi connectivity index (χ1n) is 10.3. The zero-order chi connectivity index (χ0) is 23.7. The molecular formula is C23H27F3O6. The largest absolute Gasteiger partial charge is 0.573 e. The van der Waals surface area contributed by atoms with E-state index in [2.05, 4.69) is 4.74 Å². The molecule has 2 aromatic rings. The summed E-state index contributed by atoms with van der Waals surface area (Å²) in [5, 5.41) is 51.5. The second-order valence-corrected chi connectivity index (χ2v) is 8.22. The normalized spacial score (nSPS) is 28.5. The molecule has 3 rings (SSSR count). The third-order valence-corrected chi connectivity index (χ3v) is 6.03. The molecule has 0 aromatic heterocycles. The van der Waals surface area contributed by atoms with Crippen molar-refractivity contribution in [3.8, 4) is 5.75 Å². The maximum absolute atomic E-state index is 13.0. The predicted molar refractivity (Wildman–Crippen MR) is 109 cm³/mol. The Labute approximate surface area is 183 Å². The Bertz CT molecular complexity index is 915. The fourth-order valence-corrected chi connectivity index (χ4v) is 4.20. The molecule has 5 N–H and O–H groups in total. The zero-order valence-corrected chi connectivity index (χ0v) is 17.5. The quantitative estimate of drug-likeness (QED) is 0.455. The fourth-order valence-electron chi connectivity index (χ4n) is 4.20. The lowest BCUT2D eigenvalue weighted by atomic mass is 9.69. The van der Waals surface area contributed by atoms with Gasteiger partial charge in [0, 0.05) is 18.1 Å². The van der Waals surface area contributed by atoms with Crippen molar-refractivity contribution in [1.29, 1.82) is 0 Å². The molecule has 32 heavy (non-hydrogen) atoms. The number of hydrogen-bond acceptors (Lipinski definition) is 6. The van der Waals surface area contributed by atoms with Crippen LogP contribution in [0.2, 0.25) is 0 Å². The highest BCUT2D eigenvalue weighted by Crippen LogP contribution is 2.45. The number of aliphatic hydroxyl groups excluding tert-OH is 4. The van der Waals surface area contributed by atoms with E-state index >= 15 is 0 Å². The van der Waals surface area contributed by atoms with Gasteiger partial charge in [0.2, 0.25) is 0 Å². The highest BCUT2D eigenvalue weighted by Gasteiger charge is 2.53. The second kappa shape index (κ2) is 9.36. The summed E-state index contributed by atoms with van der Waals surface area (Å²) in [5.41, 5.74) is -0.215. The number of alkyl halides is 3. The lowest BCUT2D eigenvalue weighted by Crippen LogP contribution is -2.59. The van der Waals surface area contributed by atoms with Gasteiger partial charge in [0.05, 0.1) is 6.10 Å². The van der Waals surface area contributed by atoms with E-state index in [9.17, 15) is 38.7 Å². The molecule has 9 heteroatoms. The van der Waals surface area contributed by atoms with E-state index in [1.54, 1.807) is 0 Å². The molecule has 0 amide bonds. The molecule has 1 aliphatic rings. The van der Waals surface area contributed by atoms with E-state index in [1.165, 1.54) is 12.1 Å². The van der Waals surface area contributed by atoms with Crippen LogP contribution in [0.5, 0.6) is 5.75 Å². The van der Waals surface area contributed by atoms with Gasteiger partial charge in [-0.15, -0.1) is 13.2 Å². The van der Waals surface area contributed by atoms with Crippen LogP contribution in [-0.2, 0) is 18.4 Å². The maximum atomic E-state index is 13.0. The van der Waals surface area contributed by atoms with Gasteiger partial charge >= 0.3 is 6.36 Å². The first-order valence-corrected chi connectivity index (χ1v) is 10.3. The average molecular weight is 456 g/mol. The van der Waals surface area contributed by atoms with Crippen LogP contribution in [-0.4, -0.2) is 56.8 Å². The van der Waals surface area contributed by atoms with Gasteiger partial charge in [-0.25, -0.2) is 0 Å². The summed E-state index contributed by atoms with van der Waals surface area (Å²) in [7, 11) is 0. The van der Waals surface area contributed by atoms with Gasteiger partial charge in [0.25, 0.3) is 0 Å². The SMILES string of the molecule is CCc1ccc(Cc2ccc(OC(F)(F)F)c([C@]3(O)C[C@H](CO)[C@@H](O)C(O)[C@H]3O)c2)cc1. The van der Waals surface area contributed by atoms with E-state index in [0.29, 0.717) is 12.0 Å². The molecule has 1 fully saturated rings. The average Bonchev–Trinajstić information content (AvgIpc) is 2.75. The minimum atomic E-state index is -5.06. The van der Waals surface area contributed by atoms with Crippen LogP contribution in [0.4, 0.5) is 13.2 Å². The maximum Gasteiger partial charge on any atom is 0.573 e. The summed E-state index contributed by atoms with van der Waals surface area (Å²) in [6.07, 6.45) is -9.78. The van der Waals surface area contributed by atoms with E-state index in [4.69, 9.17) is 0 Å². The Balaban J connectivity index is 2.04. The van der Waals surface area contributed by atoms with Gasteiger partial charge in [-0.2, -0.15) is 0 Å². The number of ether oxygens (including phenoxy) is 1. The Morgan fingerprint density at radius 2 is 1.56 bits per heavy atom. The Kier molecular flexibility index (Phi) is 7.16. The summed E-state index contributed by atoms with van der Waals surface area (Å²) in [5.74, 6) is -1.80.